The van der Waals surface area contributed by atoms with E-state index in [1.54, 1.807) is 6.08 Å². The van der Waals surface area contributed by atoms with E-state index in [9.17, 15) is 0 Å². The number of allylic oxidation sites excluding steroid dienone is 1. The molecule has 0 bridgehead atoms. The van der Waals surface area contributed by atoms with E-state index in [0.29, 0.717) is 0 Å². The minimum Gasteiger partial charge on any atom is -0.399 e. The van der Waals surface area contributed by atoms with E-state index in [4.69, 9.17) is 11.5 Å². The fourth-order valence-corrected chi connectivity index (χ4v) is 0.575. The zero-order valence-corrected chi connectivity index (χ0v) is 4.59. The topological polar surface area (TPSA) is 52.0 Å². The molecule has 0 atom stereocenters. The molecule has 0 aliphatic heterocycles. The second-order valence-electron chi connectivity index (χ2n) is 1.82. The zero-order chi connectivity index (χ0) is 5.98. The van der Waals surface area contributed by atoms with Gasteiger partial charge in [0.2, 0.25) is 0 Å². The van der Waals surface area contributed by atoms with Gasteiger partial charge in [-0.1, -0.05) is 12.2 Å². The summed E-state index contributed by atoms with van der Waals surface area (Å²) < 4.78 is 0. The zero-order valence-electron chi connectivity index (χ0n) is 4.59. The van der Waals surface area contributed by atoms with Gasteiger partial charge in [0.25, 0.3) is 0 Å². The molecule has 0 amide bonds. The number of nitrogens with two attached hydrogens (primary N) is 2. The van der Waals surface area contributed by atoms with Crippen LogP contribution in [0.15, 0.2) is 23.9 Å². The van der Waals surface area contributed by atoms with Gasteiger partial charge in [-0.2, -0.15) is 0 Å². The minimum absolute atomic E-state index is 0.794. The summed E-state index contributed by atoms with van der Waals surface area (Å²) in [6.07, 6.45) is 6.33. The van der Waals surface area contributed by atoms with Gasteiger partial charge in [0.15, 0.2) is 0 Å². The molecule has 1 radical (unpaired) electrons. The lowest BCUT2D eigenvalue weighted by molar-refractivity contribution is 0.993. The molecule has 0 heterocycles. The Morgan fingerprint density at radius 1 is 1.25 bits per heavy atom. The second-order valence-corrected chi connectivity index (χ2v) is 1.82. The highest BCUT2D eigenvalue weighted by Crippen LogP contribution is 2.08. The van der Waals surface area contributed by atoms with E-state index in [2.05, 4.69) is 0 Å². The van der Waals surface area contributed by atoms with Crippen LogP contribution >= 0.6 is 0 Å². The summed E-state index contributed by atoms with van der Waals surface area (Å²) in [4.78, 5) is 0. The molecule has 2 heteroatoms. The first-order valence-corrected chi connectivity index (χ1v) is 2.54. The monoisotopic (exact) mass is 109 g/mol. The quantitative estimate of drug-likeness (QED) is 0.469. The lowest BCUT2D eigenvalue weighted by atomic mass is 10.1. The predicted molar refractivity (Wildman–Crippen MR) is 33.5 cm³/mol. The highest BCUT2D eigenvalue weighted by atomic mass is 14.6. The van der Waals surface area contributed by atoms with Gasteiger partial charge in [0.05, 0.1) is 6.04 Å². The molecule has 0 aromatic heterocycles. The van der Waals surface area contributed by atoms with Gasteiger partial charge in [-0.15, -0.1) is 0 Å². The van der Waals surface area contributed by atoms with Crippen LogP contribution in [0.25, 0.3) is 0 Å². The summed E-state index contributed by atoms with van der Waals surface area (Å²) in [7, 11) is 0. The highest BCUT2D eigenvalue weighted by Gasteiger charge is 1.99. The van der Waals surface area contributed by atoms with Crippen LogP contribution in [0.3, 0.4) is 0 Å². The summed E-state index contributed by atoms with van der Waals surface area (Å²) in [6.45, 7) is 0. The number of hydrogen-bond acceptors (Lipinski definition) is 2. The van der Waals surface area contributed by atoms with Crippen molar-refractivity contribution in [1.29, 1.82) is 0 Å². The fourth-order valence-electron chi connectivity index (χ4n) is 0.575. The Bertz CT molecular complexity index is 135. The SMILES string of the molecule is N[C]1C=CC(N)=CC1. The molecule has 1 aliphatic rings. The van der Waals surface area contributed by atoms with Crippen LogP contribution in [-0.4, -0.2) is 0 Å². The van der Waals surface area contributed by atoms with Crippen molar-refractivity contribution in [3.05, 3.63) is 30.0 Å². The van der Waals surface area contributed by atoms with Gasteiger partial charge in [-0.05, 0) is 12.5 Å². The normalized spacial score (nSPS) is 20.9. The largest absolute Gasteiger partial charge is 0.399 e. The average molecular weight is 109 g/mol. The van der Waals surface area contributed by atoms with Crippen LogP contribution in [0.1, 0.15) is 6.42 Å². The van der Waals surface area contributed by atoms with Gasteiger partial charge in [-0.3, -0.25) is 0 Å². The smallest absolute Gasteiger partial charge is 0.0601 e. The van der Waals surface area contributed by atoms with E-state index < -0.39 is 0 Å². The summed E-state index contributed by atoms with van der Waals surface area (Å²) in [6, 6.07) is 0.874. The molecule has 1 rings (SSSR count). The Labute approximate surface area is 48.9 Å². The molecule has 8 heavy (non-hydrogen) atoms. The molecular weight excluding hydrogens is 100 g/mol. The maximum Gasteiger partial charge on any atom is 0.0601 e. The Morgan fingerprint density at radius 2 is 2.00 bits per heavy atom. The van der Waals surface area contributed by atoms with Crippen LogP contribution in [0.4, 0.5) is 0 Å². The third-order valence-corrected chi connectivity index (χ3v) is 1.06. The predicted octanol–water partition coefficient (Wildman–Crippen LogP) is 0.280. The van der Waals surface area contributed by atoms with Crippen molar-refractivity contribution in [3.63, 3.8) is 0 Å². The lowest BCUT2D eigenvalue weighted by Crippen LogP contribution is -2.09. The molecule has 2 nitrogen and oxygen atoms in total. The Hall–Kier alpha value is -0.760. The summed E-state index contributed by atoms with van der Waals surface area (Å²) in [5.74, 6) is 0. The number of hydrogen-bond donors (Lipinski definition) is 2. The second kappa shape index (κ2) is 2.01. The third kappa shape index (κ3) is 1.10. The van der Waals surface area contributed by atoms with Gasteiger partial charge in [0.1, 0.15) is 0 Å². The van der Waals surface area contributed by atoms with Gasteiger partial charge in [0, 0.05) is 5.70 Å². The Morgan fingerprint density at radius 3 is 2.38 bits per heavy atom. The van der Waals surface area contributed by atoms with Crippen LogP contribution in [0, 0.1) is 6.04 Å². The van der Waals surface area contributed by atoms with Crippen LogP contribution in [0.5, 0.6) is 0 Å². The van der Waals surface area contributed by atoms with Crippen molar-refractivity contribution in [1.82, 2.24) is 0 Å². The van der Waals surface area contributed by atoms with Crippen LogP contribution < -0.4 is 11.5 Å². The van der Waals surface area contributed by atoms with Crippen LogP contribution in [-0.2, 0) is 0 Å². The Kier molecular flexibility index (Phi) is 1.35. The molecule has 0 saturated heterocycles. The standard InChI is InChI=1S/C6H9N2/c7-5-1-2-6(8)4-3-5/h1-3H,4,7-8H2. The Balaban J connectivity index is 2.58. The molecule has 4 N–H and O–H groups in total. The van der Waals surface area contributed by atoms with Crippen molar-refractivity contribution in [2.24, 2.45) is 11.5 Å². The van der Waals surface area contributed by atoms with Gasteiger partial charge in [-0.25, -0.2) is 0 Å². The van der Waals surface area contributed by atoms with Gasteiger partial charge < -0.3 is 11.5 Å². The van der Waals surface area contributed by atoms with Crippen molar-refractivity contribution in [2.75, 3.05) is 0 Å². The first-order valence-electron chi connectivity index (χ1n) is 2.54. The molecule has 0 spiro atoms. The fraction of sp³-hybridized carbons (Fsp3) is 0.167. The lowest BCUT2D eigenvalue weighted by Gasteiger charge is -2.05. The first-order chi connectivity index (χ1) is 3.79. The molecule has 0 saturated carbocycles. The maximum absolute atomic E-state index is 5.43. The summed E-state index contributed by atoms with van der Waals surface area (Å²) in [5.41, 5.74) is 11.6. The van der Waals surface area contributed by atoms with Crippen LogP contribution in [0.2, 0.25) is 0 Å². The third-order valence-electron chi connectivity index (χ3n) is 1.06. The summed E-state index contributed by atoms with van der Waals surface area (Å²) >= 11 is 0. The highest BCUT2D eigenvalue weighted by molar-refractivity contribution is 5.27. The molecular formula is C6H9N2. The van der Waals surface area contributed by atoms with E-state index in [0.717, 1.165) is 18.2 Å². The molecule has 0 aromatic rings. The minimum atomic E-state index is 0.794. The van der Waals surface area contributed by atoms with E-state index in [-0.39, 0.29) is 0 Å². The van der Waals surface area contributed by atoms with Crippen molar-refractivity contribution in [3.8, 4) is 0 Å². The first kappa shape index (κ1) is 5.38. The van der Waals surface area contributed by atoms with Crippen molar-refractivity contribution >= 4 is 0 Å². The molecule has 1 aliphatic carbocycles. The van der Waals surface area contributed by atoms with E-state index in [1.165, 1.54) is 0 Å². The molecule has 43 valence electrons. The van der Waals surface area contributed by atoms with E-state index in [1.807, 2.05) is 12.2 Å². The average Bonchev–Trinajstić information content (AvgIpc) is 1.77. The van der Waals surface area contributed by atoms with Gasteiger partial charge >= 0.3 is 0 Å². The van der Waals surface area contributed by atoms with E-state index >= 15 is 0 Å². The molecule has 0 aromatic carbocycles. The van der Waals surface area contributed by atoms with Crippen molar-refractivity contribution in [2.45, 2.75) is 6.42 Å². The molecule has 0 fully saturated rings. The maximum atomic E-state index is 5.43. The summed E-state index contributed by atoms with van der Waals surface area (Å²) in [5, 5.41) is 0. The molecule has 0 unspecified atom stereocenters. The number of rotatable bonds is 0. The van der Waals surface area contributed by atoms with Crippen molar-refractivity contribution < 1.29 is 0 Å².